The molecule has 1 fully saturated rings. The van der Waals surface area contributed by atoms with Crippen LogP contribution < -0.4 is 4.90 Å². The predicted molar refractivity (Wildman–Crippen MR) is 142 cm³/mol. The van der Waals surface area contributed by atoms with Crippen molar-refractivity contribution in [1.82, 2.24) is 19.9 Å². The molecule has 35 heavy (non-hydrogen) atoms. The Hall–Kier alpha value is -2.60. The van der Waals surface area contributed by atoms with Crippen LogP contribution >= 0.6 is 22.4 Å². The fourth-order valence-corrected chi connectivity index (χ4v) is 5.33. The Morgan fingerprint density at radius 1 is 1.17 bits per heavy atom. The van der Waals surface area contributed by atoms with Crippen molar-refractivity contribution in [1.29, 1.82) is 5.41 Å². The van der Waals surface area contributed by atoms with E-state index in [-0.39, 0.29) is 11.3 Å². The van der Waals surface area contributed by atoms with Crippen LogP contribution in [0.1, 0.15) is 32.3 Å². The number of imidazole rings is 1. The molecule has 4 N–H and O–H groups in total. The second-order valence-corrected chi connectivity index (χ2v) is 11.8. The van der Waals surface area contributed by atoms with Crippen LogP contribution in [0.25, 0.3) is 11.3 Å². The Bertz CT molecular complexity index is 1120. The lowest BCUT2D eigenvalue weighted by atomic mass is 9.92. The molecule has 1 aliphatic rings. The van der Waals surface area contributed by atoms with E-state index in [9.17, 15) is 9.11 Å². The highest BCUT2D eigenvalue weighted by atomic mass is 32.3. The van der Waals surface area contributed by atoms with Crippen molar-refractivity contribution in [3.63, 3.8) is 0 Å². The first-order valence-corrected chi connectivity index (χ1v) is 14.4. The van der Waals surface area contributed by atoms with Gasteiger partial charge < -0.3 is 14.6 Å². The maximum Gasteiger partial charge on any atom is 0.251 e. The van der Waals surface area contributed by atoms with E-state index in [0.717, 1.165) is 66.9 Å². The first-order valence-electron chi connectivity index (χ1n) is 11.6. The van der Waals surface area contributed by atoms with Gasteiger partial charge in [-0.05, 0) is 55.4 Å². The summed E-state index contributed by atoms with van der Waals surface area (Å²) in [6, 6.07) is 7.02. The molecule has 0 spiro atoms. The third-order valence-electron chi connectivity index (χ3n) is 6.23. The number of hydrogen-bond donors (Lipinski definition) is 4. The maximum atomic E-state index is 9.77. The smallest absolute Gasteiger partial charge is 0.251 e. The molecule has 0 radical (unpaired) electrons. The number of H-pyrrole nitrogens is 1. The van der Waals surface area contributed by atoms with Crippen molar-refractivity contribution in [2.75, 3.05) is 24.2 Å². The van der Waals surface area contributed by atoms with E-state index in [1.165, 1.54) is 6.26 Å². The van der Waals surface area contributed by atoms with Gasteiger partial charge in [-0.1, -0.05) is 19.1 Å². The Morgan fingerprint density at radius 2 is 1.83 bits per heavy atom. The van der Waals surface area contributed by atoms with Gasteiger partial charge in [-0.3, -0.25) is 14.5 Å². The average Bonchev–Trinajstić information content (AvgIpc) is 3.32. The number of nitrogens with zero attached hydrogens (tertiary/aromatic N) is 4. The molecular weight excluding hydrogens is 484 g/mol. The average molecular weight is 517 g/mol. The van der Waals surface area contributed by atoms with Crippen LogP contribution in [0.2, 0.25) is 0 Å². The molecule has 3 aromatic rings. The minimum Gasteiger partial charge on any atom is -0.470 e. The lowest BCUT2D eigenvalue weighted by Gasteiger charge is -2.34. The third-order valence-corrected chi connectivity index (χ3v) is 8.08. The predicted octanol–water partition coefficient (Wildman–Crippen LogP) is 5.52. The summed E-state index contributed by atoms with van der Waals surface area (Å²) in [6.07, 6.45) is 9.68. The molecule has 0 amide bonds. The van der Waals surface area contributed by atoms with Crippen LogP contribution in [0.15, 0.2) is 52.9 Å². The van der Waals surface area contributed by atoms with Crippen molar-refractivity contribution in [3.8, 4) is 11.3 Å². The summed E-state index contributed by atoms with van der Waals surface area (Å²) in [6.45, 7) is 5.86. The van der Waals surface area contributed by atoms with E-state index in [1.54, 1.807) is 18.3 Å². The summed E-state index contributed by atoms with van der Waals surface area (Å²) in [5, 5.41) is 8.97. The number of aromatic nitrogens is 4. The molecule has 4 rings (SSSR count). The number of rotatable bonds is 7. The van der Waals surface area contributed by atoms with Gasteiger partial charge in [0.2, 0.25) is 5.95 Å². The summed E-state index contributed by atoms with van der Waals surface area (Å²) in [4.78, 5) is 19.2. The molecular formula is C24H32N6O3S2. The second kappa shape index (κ2) is 11.0. The summed E-state index contributed by atoms with van der Waals surface area (Å²) in [7, 11) is -2.74. The van der Waals surface area contributed by atoms with Crippen molar-refractivity contribution < 1.29 is 13.8 Å². The Balaban J connectivity index is 1.26. The standard InChI is InChI=1S/C24H32N6O3S2/c1-4-17-13-26-23(27-14-17)30-11-9-18(10-12-30)16(2)33-22(25)34-24-28-15-21(29-24)19-5-7-20(8-6-19)35(3,31)32/h5-8,13-16,18,25,31-32H,4,9-12H2,1-3H3,(H,28,29)/t16-/m0/s1. The summed E-state index contributed by atoms with van der Waals surface area (Å²) >= 11 is 1.15. The Morgan fingerprint density at radius 3 is 2.43 bits per heavy atom. The van der Waals surface area contributed by atoms with Gasteiger partial charge in [-0.2, -0.15) is 10.6 Å². The van der Waals surface area contributed by atoms with E-state index in [1.807, 2.05) is 31.5 Å². The number of aromatic amines is 1. The van der Waals surface area contributed by atoms with E-state index < -0.39 is 10.6 Å². The number of anilines is 1. The van der Waals surface area contributed by atoms with Crippen LogP contribution in [-0.4, -0.2) is 59.7 Å². The van der Waals surface area contributed by atoms with Crippen LogP contribution in [0.3, 0.4) is 0 Å². The number of piperidine rings is 1. The van der Waals surface area contributed by atoms with Crippen LogP contribution in [0.4, 0.5) is 5.95 Å². The van der Waals surface area contributed by atoms with Gasteiger partial charge in [-0.25, -0.2) is 15.0 Å². The highest BCUT2D eigenvalue weighted by molar-refractivity contribution is 8.23. The molecule has 188 valence electrons. The maximum absolute atomic E-state index is 9.77. The molecule has 0 saturated carbocycles. The summed E-state index contributed by atoms with van der Waals surface area (Å²) in [5.74, 6) is 1.14. The first kappa shape index (κ1) is 25.5. The monoisotopic (exact) mass is 516 g/mol. The van der Waals surface area contributed by atoms with Crippen molar-refractivity contribution in [2.45, 2.75) is 49.3 Å². The highest BCUT2D eigenvalue weighted by Gasteiger charge is 2.27. The quantitative estimate of drug-likeness (QED) is 0.183. The summed E-state index contributed by atoms with van der Waals surface area (Å²) in [5.41, 5.74) is 2.80. The lowest BCUT2D eigenvalue weighted by Crippen LogP contribution is -2.39. The van der Waals surface area contributed by atoms with Gasteiger partial charge in [0.1, 0.15) is 6.10 Å². The van der Waals surface area contributed by atoms with Crippen molar-refractivity contribution >= 4 is 33.5 Å². The Kier molecular flexibility index (Phi) is 8.00. The highest BCUT2D eigenvalue weighted by Crippen LogP contribution is 2.44. The first-order chi connectivity index (χ1) is 16.7. The number of hydrogen-bond acceptors (Lipinski definition) is 9. The molecule has 0 aliphatic carbocycles. The van der Waals surface area contributed by atoms with Gasteiger partial charge >= 0.3 is 0 Å². The summed E-state index contributed by atoms with van der Waals surface area (Å²) < 4.78 is 25.5. The van der Waals surface area contributed by atoms with Gasteiger partial charge in [0.15, 0.2) is 5.16 Å². The normalized spacial score (nSPS) is 16.2. The largest absolute Gasteiger partial charge is 0.470 e. The SMILES string of the molecule is CCc1cnc(N2CCC([C@H](C)OC(=N)Sc3ncc(-c4ccc(S(C)(O)O)cc4)[nH]3)CC2)nc1. The number of nitrogens with one attached hydrogen (secondary N) is 2. The van der Waals surface area contributed by atoms with Gasteiger partial charge in [0.25, 0.3) is 5.23 Å². The fraction of sp³-hybridized carbons (Fsp3) is 0.417. The topological polar surface area (TPSA) is 131 Å². The molecule has 9 nitrogen and oxygen atoms in total. The molecule has 3 heterocycles. The zero-order valence-corrected chi connectivity index (χ0v) is 21.8. The zero-order valence-electron chi connectivity index (χ0n) is 20.1. The minimum atomic E-state index is -2.74. The van der Waals surface area contributed by atoms with Gasteiger partial charge in [0, 0.05) is 43.5 Å². The minimum absolute atomic E-state index is 0.0729. The van der Waals surface area contributed by atoms with Crippen LogP contribution in [0.5, 0.6) is 0 Å². The second-order valence-electron chi connectivity index (χ2n) is 8.74. The number of aryl methyl sites for hydroxylation is 1. The molecule has 1 aliphatic heterocycles. The molecule has 2 aromatic heterocycles. The van der Waals surface area contributed by atoms with Crippen LogP contribution in [0, 0.1) is 11.3 Å². The fourth-order valence-electron chi connectivity index (χ4n) is 4.03. The number of thioether (sulfide) groups is 1. The molecule has 0 unspecified atom stereocenters. The van der Waals surface area contributed by atoms with E-state index in [2.05, 4.69) is 31.8 Å². The van der Waals surface area contributed by atoms with Gasteiger partial charge in [-0.15, -0.1) is 0 Å². The molecule has 1 saturated heterocycles. The van der Waals surface area contributed by atoms with E-state index in [0.29, 0.717) is 16.0 Å². The number of ether oxygens (including phenoxy) is 1. The zero-order chi connectivity index (χ0) is 25.0. The molecule has 1 atom stereocenters. The molecule has 1 aromatic carbocycles. The van der Waals surface area contributed by atoms with Crippen LogP contribution in [-0.2, 0) is 11.2 Å². The lowest BCUT2D eigenvalue weighted by molar-refractivity contribution is 0.125. The third kappa shape index (κ3) is 6.54. The van der Waals surface area contributed by atoms with Crippen molar-refractivity contribution in [2.24, 2.45) is 5.92 Å². The number of benzene rings is 1. The van der Waals surface area contributed by atoms with Gasteiger partial charge in [0.05, 0.1) is 16.8 Å². The van der Waals surface area contributed by atoms with E-state index in [4.69, 9.17) is 10.1 Å². The molecule has 0 bridgehead atoms. The van der Waals surface area contributed by atoms with E-state index >= 15 is 0 Å². The van der Waals surface area contributed by atoms with Crippen molar-refractivity contribution in [3.05, 3.63) is 48.4 Å². The molecule has 11 heteroatoms. The Labute approximate surface area is 211 Å².